The van der Waals surface area contributed by atoms with Gasteiger partial charge in [-0.1, -0.05) is 6.08 Å². The van der Waals surface area contributed by atoms with Crippen LogP contribution < -0.4 is 5.32 Å². The number of amides is 3. The zero-order valence-electron chi connectivity index (χ0n) is 12.4. The fraction of sp³-hybridized carbons (Fsp3) is 0.312. The highest BCUT2D eigenvalue weighted by Crippen LogP contribution is 2.29. The molecular weight excluding hydrogens is 268 g/mol. The number of fused-ring (bicyclic) bond motifs is 1. The van der Waals surface area contributed by atoms with Crippen molar-refractivity contribution in [1.82, 2.24) is 10.2 Å². The molecule has 0 spiro atoms. The molecule has 0 unspecified atom stereocenters. The molecule has 0 fully saturated rings. The maximum absolute atomic E-state index is 12.4. The van der Waals surface area contributed by atoms with Crippen LogP contribution in [0, 0.1) is 0 Å². The van der Waals surface area contributed by atoms with E-state index in [0.29, 0.717) is 17.7 Å². The molecule has 1 aliphatic rings. The maximum Gasteiger partial charge on any atom is 0.262 e. The molecule has 1 aromatic carbocycles. The van der Waals surface area contributed by atoms with Gasteiger partial charge in [-0.3, -0.25) is 19.3 Å². The van der Waals surface area contributed by atoms with Gasteiger partial charge in [0.05, 0.1) is 11.1 Å². The third-order valence-electron chi connectivity index (χ3n) is 3.23. The first-order valence-electron chi connectivity index (χ1n) is 6.69. The molecule has 0 radical (unpaired) electrons. The first-order chi connectivity index (χ1) is 9.77. The van der Waals surface area contributed by atoms with Crippen molar-refractivity contribution >= 4 is 17.7 Å². The van der Waals surface area contributed by atoms with Crippen LogP contribution in [0.4, 0.5) is 0 Å². The predicted molar refractivity (Wildman–Crippen MR) is 79.2 cm³/mol. The van der Waals surface area contributed by atoms with Gasteiger partial charge in [0.25, 0.3) is 17.7 Å². The minimum Gasteiger partial charge on any atom is -0.349 e. The van der Waals surface area contributed by atoms with Gasteiger partial charge in [-0.15, -0.1) is 6.58 Å². The molecule has 0 atom stereocenters. The maximum atomic E-state index is 12.4. The smallest absolute Gasteiger partial charge is 0.262 e. The molecule has 1 heterocycles. The fourth-order valence-corrected chi connectivity index (χ4v) is 2.26. The second-order valence-electron chi connectivity index (χ2n) is 5.88. The number of carbonyl (C=O) groups excluding carboxylic acids is 3. The number of nitrogens with one attached hydrogen (secondary N) is 1. The zero-order valence-corrected chi connectivity index (χ0v) is 12.4. The average molecular weight is 286 g/mol. The van der Waals surface area contributed by atoms with Crippen LogP contribution in [0.5, 0.6) is 0 Å². The highest BCUT2D eigenvalue weighted by atomic mass is 16.2. The summed E-state index contributed by atoms with van der Waals surface area (Å²) in [6, 6.07) is 4.55. The van der Waals surface area contributed by atoms with Gasteiger partial charge in [0.2, 0.25) is 0 Å². The largest absolute Gasteiger partial charge is 0.349 e. The van der Waals surface area contributed by atoms with E-state index in [4.69, 9.17) is 0 Å². The normalized spacial score (nSPS) is 14.1. The Morgan fingerprint density at radius 2 is 1.86 bits per heavy atom. The van der Waals surface area contributed by atoms with E-state index in [1.54, 1.807) is 32.9 Å². The minimum absolute atomic E-state index is 0.279. The van der Waals surface area contributed by atoms with Crippen LogP contribution in [0.2, 0.25) is 0 Å². The summed E-state index contributed by atoms with van der Waals surface area (Å²) in [5, 5.41) is 2.64. The second-order valence-corrected chi connectivity index (χ2v) is 5.88. The van der Waals surface area contributed by atoms with Crippen molar-refractivity contribution in [3.63, 3.8) is 0 Å². The van der Waals surface area contributed by atoms with E-state index in [1.165, 1.54) is 17.0 Å². The third kappa shape index (κ3) is 2.59. The van der Waals surface area contributed by atoms with E-state index in [1.807, 2.05) is 0 Å². The average Bonchev–Trinajstić information content (AvgIpc) is 2.67. The Morgan fingerprint density at radius 3 is 2.43 bits per heavy atom. The van der Waals surface area contributed by atoms with Gasteiger partial charge in [-0.05, 0) is 39.0 Å². The number of imide groups is 1. The highest BCUT2D eigenvalue weighted by molar-refractivity contribution is 6.22. The first kappa shape index (κ1) is 15.0. The van der Waals surface area contributed by atoms with Crippen LogP contribution >= 0.6 is 0 Å². The molecular formula is C16H18N2O3. The predicted octanol–water partition coefficient (Wildman–Crippen LogP) is 2.00. The van der Waals surface area contributed by atoms with Gasteiger partial charge in [0.1, 0.15) is 0 Å². The van der Waals surface area contributed by atoms with E-state index >= 15 is 0 Å². The zero-order chi connectivity index (χ0) is 15.8. The van der Waals surface area contributed by atoms with Gasteiger partial charge in [-0.25, -0.2) is 0 Å². The summed E-state index contributed by atoms with van der Waals surface area (Å²) in [5.74, 6) is -0.978. The Balaban J connectivity index is 2.38. The molecule has 5 nitrogen and oxygen atoms in total. The first-order valence-corrected chi connectivity index (χ1v) is 6.69. The van der Waals surface area contributed by atoms with E-state index in [-0.39, 0.29) is 23.3 Å². The lowest BCUT2D eigenvalue weighted by atomic mass is 10.1. The number of nitrogens with zero attached hydrogens (tertiary/aromatic N) is 1. The molecule has 0 aromatic heterocycles. The van der Waals surface area contributed by atoms with Crippen molar-refractivity contribution in [3.8, 4) is 0 Å². The summed E-state index contributed by atoms with van der Waals surface area (Å²) in [6.07, 6.45) is 1.57. The lowest BCUT2D eigenvalue weighted by Crippen LogP contribution is -2.45. The molecule has 1 aliphatic heterocycles. The molecule has 0 bridgehead atoms. The lowest BCUT2D eigenvalue weighted by molar-refractivity contribution is 0.0507. The Kier molecular flexibility index (Phi) is 3.68. The number of hydrogen-bond donors (Lipinski definition) is 1. The number of hydrogen-bond acceptors (Lipinski definition) is 3. The summed E-state index contributed by atoms with van der Waals surface area (Å²) in [6.45, 7) is 9.26. The van der Waals surface area contributed by atoms with Gasteiger partial charge in [0.15, 0.2) is 0 Å². The monoisotopic (exact) mass is 286 g/mol. The number of rotatable bonds is 3. The number of carbonyl (C=O) groups is 3. The van der Waals surface area contributed by atoms with Crippen LogP contribution in [-0.2, 0) is 0 Å². The third-order valence-corrected chi connectivity index (χ3v) is 3.23. The summed E-state index contributed by atoms with van der Waals surface area (Å²) >= 11 is 0. The lowest BCUT2D eigenvalue weighted by Gasteiger charge is -2.29. The molecule has 110 valence electrons. The van der Waals surface area contributed by atoms with Crippen molar-refractivity contribution in [2.75, 3.05) is 6.54 Å². The highest BCUT2D eigenvalue weighted by Gasteiger charge is 2.42. The van der Waals surface area contributed by atoms with Crippen molar-refractivity contribution in [2.24, 2.45) is 0 Å². The van der Waals surface area contributed by atoms with Gasteiger partial charge < -0.3 is 5.32 Å². The van der Waals surface area contributed by atoms with Crippen molar-refractivity contribution in [3.05, 3.63) is 47.5 Å². The topological polar surface area (TPSA) is 66.5 Å². The Labute approximate surface area is 123 Å². The standard InChI is InChI=1S/C16H18N2O3/c1-5-8-17-13(19)10-6-7-11-12(9-10)15(21)18(14(11)20)16(2,3)4/h5-7,9H,1,8H2,2-4H3,(H,17,19). The van der Waals surface area contributed by atoms with Crippen LogP contribution in [0.25, 0.3) is 0 Å². The SMILES string of the molecule is C=CCNC(=O)c1ccc2c(c1)C(=O)N(C(C)(C)C)C2=O. The molecule has 3 amide bonds. The van der Waals surface area contributed by atoms with E-state index in [0.717, 1.165) is 0 Å². The summed E-state index contributed by atoms with van der Waals surface area (Å²) < 4.78 is 0. The van der Waals surface area contributed by atoms with Gasteiger partial charge in [-0.2, -0.15) is 0 Å². The summed E-state index contributed by atoms with van der Waals surface area (Å²) in [5.41, 5.74) is 0.377. The molecule has 0 aliphatic carbocycles. The van der Waals surface area contributed by atoms with E-state index in [9.17, 15) is 14.4 Å². The Hall–Kier alpha value is -2.43. The molecule has 0 saturated heterocycles. The molecule has 21 heavy (non-hydrogen) atoms. The van der Waals surface area contributed by atoms with Gasteiger partial charge in [0, 0.05) is 17.6 Å². The molecule has 2 rings (SSSR count). The number of benzene rings is 1. The van der Waals surface area contributed by atoms with E-state index < -0.39 is 5.54 Å². The fourth-order valence-electron chi connectivity index (χ4n) is 2.26. The van der Waals surface area contributed by atoms with Crippen LogP contribution in [0.1, 0.15) is 51.8 Å². The van der Waals surface area contributed by atoms with Crippen LogP contribution in [0.3, 0.4) is 0 Å². The van der Waals surface area contributed by atoms with Crippen LogP contribution in [0.15, 0.2) is 30.9 Å². The van der Waals surface area contributed by atoms with Crippen molar-refractivity contribution in [1.29, 1.82) is 0 Å². The Morgan fingerprint density at radius 1 is 1.24 bits per heavy atom. The summed E-state index contributed by atoms with van der Waals surface area (Å²) in [7, 11) is 0. The van der Waals surface area contributed by atoms with Crippen molar-refractivity contribution < 1.29 is 14.4 Å². The summed E-state index contributed by atoms with van der Waals surface area (Å²) in [4.78, 5) is 37.8. The molecule has 5 heteroatoms. The van der Waals surface area contributed by atoms with E-state index in [2.05, 4.69) is 11.9 Å². The molecule has 1 aromatic rings. The van der Waals surface area contributed by atoms with Crippen LogP contribution in [-0.4, -0.2) is 34.7 Å². The minimum atomic E-state index is -0.599. The quantitative estimate of drug-likeness (QED) is 0.682. The second kappa shape index (κ2) is 5.16. The van der Waals surface area contributed by atoms with Gasteiger partial charge >= 0.3 is 0 Å². The van der Waals surface area contributed by atoms with Crippen molar-refractivity contribution in [2.45, 2.75) is 26.3 Å². The molecule has 0 saturated carbocycles. The Bertz CT molecular complexity index is 641. The molecule has 1 N–H and O–H groups in total.